The molecule has 8 nitrogen and oxygen atoms in total. The minimum absolute atomic E-state index is 0.0396. The molecule has 25 heavy (non-hydrogen) atoms. The molecule has 1 atom stereocenters. The summed E-state index contributed by atoms with van der Waals surface area (Å²) in [4.78, 5) is 12.3. The molecule has 134 valence electrons. The number of benzene rings is 1. The molecule has 0 saturated heterocycles. The van der Waals surface area contributed by atoms with Crippen LogP contribution in [0.4, 0.5) is 11.4 Å². The van der Waals surface area contributed by atoms with Crippen molar-refractivity contribution in [2.75, 3.05) is 16.7 Å². The lowest BCUT2D eigenvalue weighted by Crippen LogP contribution is -2.49. The molecule has 1 amide bonds. The second-order valence-corrected chi connectivity index (χ2v) is 7.82. The van der Waals surface area contributed by atoms with E-state index in [2.05, 4.69) is 10.4 Å². The molecule has 2 heterocycles. The Morgan fingerprint density at radius 1 is 1.28 bits per heavy atom. The number of hydrogen-bond acceptors (Lipinski definition) is 5. The van der Waals surface area contributed by atoms with E-state index in [9.17, 15) is 13.2 Å². The Kier molecular flexibility index (Phi) is 4.19. The van der Waals surface area contributed by atoms with Crippen LogP contribution in [0.25, 0.3) is 0 Å². The highest BCUT2D eigenvalue weighted by Gasteiger charge is 2.40. The van der Waals surface area contributed by atoms with Crippen molar-refractivity contribution >= 4 is 27.3 Å². The van der Waals surface area contributed by atoms with Gasteiger partial charge in [-0.25, -0.2) is 4.68 Å². The number of nitrogens with zero attached hydrogens (tertiary/aromatic N) is 3. The fourth-order valence-electron chi connectivity index (χ4n) is 2.81. The van der Waals surface area contributed by atoms with Crippen molar-refractivity contribution in [1.29, 1.82) is 0 Å². The number of hydrogen-bond donors (Lipinski definition) is 1. The first-order chi connectivity index (χ1) is 11.8. The monoisotopic (exact) mass is 364 g/mol. The van der Waals surface area contributed by atoms with Gasteiger partial charge in [0.1, 0.15) is 11.8 Å². The second-order valence-electron chi connectivity index (χ2n) is 6.06. The first-order valence-electron chi connectivity index (χ1n) is 7.84. The number of aromatic nitrogens is 2. The summed E-state index contributed by atoms with van der Waals surface area (Å²) in [7, 11) is -2.50. The van der Waals surface area contributed by atoms with Crippen LogP contribution in [0.3, 0.4) is 0 Å². The first kappa shape index (κ1) is 17.3. The largest absolute Gasteiger partial charge is 0.497 e. The molecule has 0 fully saturated rings. The maximum Gasteiger partial charge on any atom is 0.282 e. The van der Waals surface area contributed by atoms with Crippen molar-refractivity contribution in [3.8, 4) is 5.75 Å². The Balaban J connectivity index is 2.21. The van der Waals surface area contributed by atoms with Crippen LogP contribution in [-0.4, -0.2) is 37.3 Å². The number of anilines is 2. The Hall–Kier alpha value is -2.55. The zero-order valence-corrected chi connectivity index (χ0v) is 15.2. The lowest BCUT2D eigenvalue weighted by Gasteiger charge is -2.35. The molecule has 0 saturated carbocycles. The molecule has 9 heteroatoms. The summed E-state index contributed by atoms with van der Waals surface area (Å²) in [6, 6.07) is 5.28. The molecule has 1 aliphatic rings. The summed E-state index contributed by atoms with van der Waals surface area (Å²) in [5.41, 5.74) is 0.783. The van der Waals surface area contributed by atoms with E-state index in [1.54, 1.807) is 25.1 Å². The van der Waals surface area contributed by atoms with Crippen molar-refractivity contribution in [3.63, 3.8) is 0 Å². The van der Waals surface area contributed by atoms with Gasteiger partial charge in [-0.15, -0.1) is 0 Å². The molecule has 0 spiro atoms. The van der Waals surface area contributed by atoms with E-state index in [4.69, 9.17) is 4.74 Å². The summed E-state index contributed by atoms with van der Waals surface area (Å²) in [5, 5.41) is 6.86. The van der Waals surface area contributed by atoms with Gasteiger partial charge >= 0.3 is 0 Å². The number of sulfonamides is 1. The minimum atomic E-state index is -4.00. The Bertz CT molecular complexity index is 920. The highest BCUT2D eigenvalue weighted by atomic mass is 32.2. The normalized spacial score (nSPS) is 17.4. The van der Waals surface area contributed by atoms with Gasteiger partial charge < -0.3 is 10.1 Å². The number of fused-ring (bicyclic) bond motifs is 1. The molecule has 0 aliphatic carbocycles. The van der Waals surface area contributed by atoms with Crippen LogP contribution in [0.5, 0.6) is 5.75 Å². The lowest BCUT2D eigenvalue weighted by atomic mass is 10.1. The number of rotatable bonds is 4. The predicted octanol–water partition coefficient (Wildman–Crippen LogP) is 2.01. The molecule has 1 aromatic heterocycles. The van der Waals surface area contributed by atoms with Gasteiger partial charge in [0.2, 0.25) is 5.91 Å². The summed E-state index contributed by atoms with van der Waals surface area (Å²) in [6.45, 7) is 5.23. The third-order valence-corrected chi connectivity index (χ3v) is 5.96. The van der Waals surface area contributed by atoms with Crippen LogP contribution in [0.15, 0.2) is 35.5 Å². The summed E-state index contributed by atoms with van der Waals surface area (Å²) < 4.78 is 34.4. The molecule has 2 aromatic rings. The average Bonchev–Trinajstić information content (AvgIpc) is 3.06. The SMILES string of the molecule is COc1ccc2c(c1)N(S(=O)(=O)c1ccnn1C(C)C)C(C)C(=O)N2. The van der Waals surface area contributed by atoms with Crippen LogP contribution in [0, 0.1) is 0 Å². The Morgan fingerprint density at radius 2 is 2.00 bits per heavy atom. The van der Waals surface area contributed by atoms with Gasteiger partial charge in [-0.05, 0) is 39.0 Å². The second kappa shape index (κ2) is 6.07. The van der Waals surface area contributed by atoms with E-state index in [-0.39, 0.29) is 11.1 Å². The number of amides is 1. The van der Waals surface area contributed by atoms with Gasteiger partial charge in [0.05, 0.1) is 24.7 Å². The number of methoxy groups -OCH3 is 1. The van der Waals surface area contributed by atoms with Crippen LogP contribution in [0.2, 0.25) is 0 Å². The quantitative estimate of drug-likeness (QED) is 0.896. The number of carbonyl (C=O) groups is 1. The maximum atomic E-state index is 13.3. The van der Waals surface area contributed by atoms with Gasteiger partial charge in [0.15, 0.2) is 5.03 Å². The van der Waals surface area contributed by atoms with E-state index in [1.807, 2.05) is 13.8 Å². The molecular weight excluding hydrogens is 344 g/mol. The number of carbonyl (C=O) groups excluding carboxylic acids is 1. The maximum absolute atomic E-state index is 13.3. The number of ether oxygens (including phenoxy) is 1. The standard InChI is InChI=1S/C16H20N4O4S/c1-10(2)19-15(7-8-17-19)25(22,23)20-11(3)16(21)18-13-6-5-12(24-4)9-14(13)20/h5-11H,1-4H3,(H,18,21). The Morgan fingerprint density at radius 3 is 2.64 bits per heavy atom. The summed E-state index contributed by atoms with van der Waals surface area (Å²) >= 11 is 0. The zero-order chi connectivity index (χ0) is 18.4. The third-order valence-electron chi connectivity index (χ3n) is 4.08. The van der Waals surface area contributed by atoms with Gasteiger partial charge in [0.25, 0.3) is 10.0 Å². The molecular formula is C16H20N4O4S. The third kappa shape index (κ3) is 2.74. The van der Waals surface area contributed by atoms with Crippen LogP contribution >= 0.6 is 0 Å². The van der Waals surface area contributed by atoms with Crippen LogP contribution in [0.1, 0.15) is 26.8 Å². The molecule has 3 rings (SSSR count). The van der Waals surface area contributed by atoms with Gasteiger partial charge in [-0.2, -0.15) is 13.5 Å². The van der Waals surface area contributed by atoms with Crippen LogP contribution < -0.4 is 14.4 Å². The molecule has 1 unspecified atom stereocenters. The van der Waals surface area contributed by atoms with Crippen LogP contribution in [-0.2, 0) is 14.8 Å². The highest BCUT2D eigenvalue weighted by Crippen LogP contribution is 2.38. The fourth-order valence-corrected chi connectivity index (χ4v) is 4.66. The van der Waals surface area contributed by atoms with Gasteiger partial charge in [0, 0.05) is 12.1 Å². The zero-order valence-electron chi connectivity index (χ0n) is 14.4. The minimum Gasteiger partial charge on any atom is -0.497 e. The molecule has 0 radical (unpaired) electrons. The molecule has 1 aliphatic heterocycles. The molecule has 0 bridgehead atoms. The van der Waals surface area contributed by atoms with Crippen molar-refractivity contribution < 1.29 is 17.9 Å². The Labute approximate surface area is 146 Å². The van der Waals surface area contributed by atoms with E-state index in [1.165, 1.54) is 24.1 Å². The average molecular weight is 364 g/mol. The topological polar surface area (TPSA) is 93.5 Å². The summed E-state index contributed by atoms with van der Waals surface area (Å²) in [5.74, 6) is 0.108. The number of nitrogens with one attached hydrogen (secondary N) is 1. The highest BCUT2D eigenvalue weighted by molar-refractivity contribution is 7.92. The van der Waals surface area contributed by atoms with E-state index in [0.29, 0.717) is 17.1 Å². The van der Waals surface area contributed by atoms with Crippen molar-refractivity contribution in [3.05, 3.63) is 30.5 Å². The smallest absolute Gasteiger partial charge is 0.282 e. The first-order valence-corrected chi connectivity index (χ1v) is 9.28. The predicted molar refractivity (Wildman–Crippen MR) is 93.4 cm³/mol. The lowest BCUT2D eigenvalue weighted by molar-refractivity contribution is -0.117. The molecule has 1 N–H and O–H groups in total. The van der Waals surface area contributed by atoms with Crippen molar-refractivity contribution in [2.45, 2.75) is 37.9 Å². The van der Waals surface area contributed by atoms with Gasteiger partial charge in [-0.1, -0.05) is 0 Å². The van der Waals surface area contributed by atoms with E-state index >= 15 is 0 Å². The van der Waals surface area contributed by atoms with E-state index < -0.39 is 22.0 Å². The fraction of sp³-hybridized carbons (Fsp3) is 0.375. The van der Waals surface area contributed by atoms with E-state index in [0.717, 1.165) is 4.31 Å². The van der Waals surface area contributed by atoms with Crippen molar-refractivity contribution in [2.24, 2.45) is 0 Å². The van der Waals surface area contributed by atoms with Gasteiger partial charge in [-0.3, -0.25) is 9.10 Å². The van der Waals surface area contributed by atoms with Crippen molar-refractivity contribution in [1.82, 2.24) is 9.78 Å². The molecule has 1 aromatic carbocycles. The summed E-state index contributed by atoms with van der Waals surface area (Å²) in [6.07, 6.45) is 1.44.